The van der Waals surface area contributed by atoms with Crippen LogP contribution >= 0.6 is 0 Å². The largest absolute Gasteiger partial charge is 0.495 e. The Hall–Kier alpha value is -1.42. The van der Waals surface area contributed by atoms with E-state index in [-0.39, 0.29) is 5.78 Å². The number of ether oxygens (including phenoxy) is 2. The van der Waals surface area contributed by atoms with E-state index in [1.54, 1.807) is 25.6 Å². The molecule has 0 aliphatic heterocycles. The number of carbonyl (C=O) groups is 1. The first kappa shape index (κ1) is 13.0. The first-order valence-corrected chi connectivity index (χ1v) is 6.36. The maximum atomic E-state index is 12.0. The van der Waals surface area contributed by atoms with E-state index in [0.717, 1.165) is 19.4 Å². The summed E-state index contributed by atoms with van der Waals surface area (Å²) in [5, 5.41) is 0. The molecule has 1 aromatic rings. The highest BCUT2D eigenvalue weighted by Gasteiger charge is 2.31. The predicted octanol–water partition coefficient (Wildman–Crippen LogP) is 2.48. The number of rotatable bonds is 6. The molecule has 1 aliphatic rings. The lowest BCUT2D eigenvalue weighted by Crippen LogP contribution is -2.32. The van der Waals surface area contributed by atoms with E-state index in [9.17, 15) is 4.79 Å². The fourth-order valence-corrected chi connectivity index (χ4v) is 2.28. The van der Waals surface area contributed by atoms with Crippen molar-refractivity contribution in [1.29, 1.82) is 0 Å². The van der Waals surface area contributed by atoms with Crippen molar-refractivity contribution in [2.24, 2.45) is 5.92 Å². The molecule has 0 aromatic carbocycles. The van der Waals surface area contributed by atoms with Crippen LogP contribution in [0, 0.1) is 5.92 Å². The van der Waals surface area contributed by atoms with Gasteiger partial charge in [0.1, 0.15) is 5.75 Å². The average molecular weight is 249 g/mol. The van der Waals surface area contributed by atoms with Crippen molar-refractivity contribution in [1.82, 2.24) is 4.98 Å². The summed E-state index contributed by atoms with van der Waals surface area (Å²) in [5.41, 5.74) is 0.634. The lowest BCUT2D eigenvalue weighted by molar-refractivity contribution is -0.0246. The summed E-state index contributed by atoms with van der Waals surface area (Å²) in [6.07, 6.45) is 6.14. The second-order valence-electron chi connectivity index (χ2n) is 4.66. The van der Waals surface area contributed by atoms with Crippen molar-refractivity contribution in [3.8, 4) is 5.75 Å². The molecule has 1 heterocycles. The third-order valence-corrected chi connectivity index (χ3v) is 3.34. The summed E-state index contributed by atoms with van der Waals surface area (Å²) in [5.74, 6) is 1.23. The van der Waals surface area contributed by atoms with E-state index in [4.69, 9.17) is 9.47 Å². The lowest BCUT2D eigenvalue weighted by Gasteiger charge is -2.34. The van der Waals surface area contributed by atoms with Crippen molar-refractivity contribution in [2.45, 2.75) is 32.3 Å². The number of methoxy groups -OCH3 is 1. The molecule has 1 saturated carbocycles. The van der Waals surface area contributed by atoms with Gasteiger partial charge in [-0.1, -0.05) is 0 Å². The highest BCUT2D eigenvalue weighted by molar-refractivity contribution is 5.96. The Bertz CT molecular complexity index is 413. The van der Waals surface area contributed by atoms with Crippen LogP contribution < -0.4 is 4.74 Å². The molecular formula is C14H19NO3. The monoisotopic (exact) mass is 249 g/mol. The third kappa shape index (κ3) is 3.07. The standard InChI is InChI=1S/C14H19NO3/c1-3-18-12-4-10(5-12)6-14(16)11-7-13(17-2)9-15-8-11/h7-10,12H,3-6H2,1-2H3. The molecular weight excluding hydrogens is 230 g/mol. The van der Waals surface area contributed by atoms with Crippen LogP contribution in [0.15, 0.2) is 18.5 Å². The molecule has 0 saturated heterocycles. The molecule has 0 unspecified atom stereocenters. The predicted molar refractivity (Wildman–Crippen MR) is 67.9 cm³/mol. The highest BCUT2D eigenvalue weighted by atomic mass is 16.5. The van der Waals surface area contributed by atoms with E-state index in [1.807, 2.05) is 6.92 Å². The Labute approximate surface area is 107 Å². The zero-order valence-electron chi connectivity index (χ0n) is 10.9. The second-order valence-corrected chi connectivity index (χ2v) is 4.66. The molecule has 1 aromatic heterocycles. The van der Waals surface area contributed by atoms with Crippen molar-refractivity contribution < 1.29 is 14.3 Å². The molecule has 1 fully saturated rings. The van der Waals surface area contributed by atoms with E-state index in [0.29, 0.717) is 29.8 Å². The van der Waals surface area contributed by atoms with Gasteiger partial charge < -0.3 is 9.47 Å². The smallest absolute Gasteiger partial charge is 0.164 e. The molecule has 0 bridgehead atoms. The van der Waals surface area contributed by atoms with Gasteiger partial charge in [0.15, 0.2) is 5.78 Å². The topological polar surface area (TPSA) is 48.4 Å². The molecule has 1 aliphatic carbocycles. The third-order valence-electron chi connectivity index (χ3n) is 3.34. The van der Waals surface area contributed by atoms with Crippen molar-refractivity contribution in [2.75, 3.05) is 13.7 Å². The van der Waals surface area contributed by atoms with Gasteiger partial charge in [-0.25, -0.2) is 0 Å². The first-order chi connectivity index (χ1) is 8.72. The SMILES string of the molecule is CCOC1CC(CC(=O)c2cncc(OC)c2)C1. The summed E-state index contributed by atoms with van der Waals surface area (Å²) < 4.78 is 10.6. The van der Waals surface area contributed by atoms with E-state index >= 15 is 0 Å². The Kier molecular flexibility index (Phi) is 4.31. The maximum absolute atomic E-state index is 12.0. The number of nitrogens with zero attached hydrogens (tertiary/aromatic N) is 1. The van der Waals surface area contributed by atoms with Crippen molar-refractivity contribution in [3.05, 3.63) is 24.0 Å². The number of pyridine rings is 1. The molecule has 4 heteroatoms. The fraction of sp³-hybridized carbons (Fsp3) is 0.571. The molecule has 0 amide bonds. The minimum Gasteiger partial charge on any atom is -0.495 e. The van der Waals surface area contributed by atoms with Gasteiger partial charge in [-0.3, -0.25) is 9.78 Å². The summed E-state index contributed by atoms with van der Waals surface area (Å²) in [6, 6.07) is 1.74. The maximum Gasteiger partial charge on any atom is 0.164 e. The zero-order valence-corrected chi connectivity index (χ0v) is 10.9. The van der Waals surface area contributed by atoms with Crippen LogP contribution in [0.3, 0.4) is 0 Å². The van der Waals surface area contributed by atoms with Crippen molar-refractivity contribution in [3.63, 3.8) is 0 Å². The molecule has 0 N–H and O–H groups in total. The molecule has 4 nitrogen and oxygen atoms in total. The molecule has 18 heavy (non-hydrogen) atoms. The molecule has 98 valence electrons. The molecule has 0 spiro atoms. The average Bonchev–Trinajstić information content (AvgIpc) is 2.36. The first-order valence-electron chi connectivity index (χ1n) is 6.36. The van der Waals surface area contributed by atoms with Crippen LogP contribution in [0.4, 0.5) is 0 Å². The van der Waals surface area contributed by atoms with Gasteiger partial charge in [0.2, 0.25) is 0 Å². The van der Waals surface area contributed by atoms with E-state index in [1.165, 1.54) is 0 Å². The quantitative estimate of drug-likeness (QED) is 0.727. The summed E-state index contributed by atoms with van der Waals surface area (Å²) in [6.45, 7) is 2.76. The van der Waals surface area contributed by atoms with Gasteiger partial charge in [-0.15, -0.1) is 0 Å². The number of carbonyl (C=O) groups excluding carboxylic acids is 1. The highest BCUT2D eigenvalue weighted by Crippen LogP contribution is 2.33. The van der Waals surface area contributed by atoms with Crippen LogP contribution in [-0.2, 0) is 4.74 Å². The number of Topliss-reactive ketones (excluding diaryl/α,β-unsaturated/α-hetero) is 1. The van der Waals surface area contributed by atoms with Gasteiger partial charge in [0, 0.05) is 24.8 Å². The van der Waals surface area contributed by atoms with Gasteiger partial charge in [-0.05, 0) is 31.7 Å². The normalized spacial score (nSPS) is 22.3. The molecule has 0 atom stereocenters. The van der Waals surface area contributed by atoms with Crippen molar-refractivity contribution >= 4 is 5.78 Å². The fourth-order valence-electron chi connectivity index (χ4n) is 2.28. The van der Waals surface area contributed by atoms with Gasteiger partial charge in [-0.2, -0.15) is 0 Å². The van der Waals surface area contributed by atoms with Gasteiger partial charge in [0.25, 0.3) is 0 Å². The van der Waals surface area contributed by atoms with Crippen LogP contribution in [0.2, 0.25) is 0 Å². The number of hydrogen-bond acceptors (Lipinski definition) is 4. The minimum atomic E-state index is 0.140. The van der Waals surface area contributed by atoms with Crippen LogP contribution in [0.5, 0.6) is 5.75 Å². The number of aromatic nitrogens is 1. The molecule has 0 radical (unpaired) electrons. The molecule has 2 rings (SSSR count). The summed E-state index contributed by atoms with van der Waals surface area (Å²) >= 11 is 0. The van der Waals surface area contributed by atoms with Gasteiger partial charge in [0.05, 0.1) is 19.4 Å². The Morgan fingerprint density at radius 3 is 2.89 bits per heavy atom. The summed E-state index contributed by atoms with van der Waals surface area (Å²) in [4.78, 5) is 16.0. The lowest BCUT2D eigenvalue weighted by atomic mass is 9.78. The van der Waals surface area contributed by atoms with Crippen LogP contribution in [0.1, 0.15) is 36.5 Å². The van der Waals surface area contributed by atoms with Gasteiger partial charge >= 0.3 is 0 Å². The van der Waals surface area contributed by atoms with E-state index in [2.05, 4.69) is 4.98 Å². The van der Waals surface area contributed by atoms with Crippen LogP contribution in [-0.4, -0.2) is 30.6 Å². The van der Waals surface area contributed by atoms with E-state index < -0.39 is 0 Å². The number of ketones is 1. The Morgan fingerprint density at radius 1 is 1.44 bits per heavy atom. The number of hydrogen-bond donors (Lipinski definition) is 0. The minimum absolute atomic E-state index is 0.140. The Morgan fingerprint density at radius 2 is 2.22 bits per heavy atom. The second kappa shape index (κ2) is 5.96. The zero-order chi connectivity index (χ0) is 13.0. The van der Waals surface area contributed by atoms with Crippen LogP contribution in [0.25, 0.3) is 0 Å². The summed E-state index contributed by atoms with van der Waals surface area (Å²) in [7, 11) is 1.57. The Balaban J connectivity index is 1.85.